The molecule has 0 unspecified atom stereocenters. The first-order valence-electron chi connectivity index (χ1n) is 6.45. The van der Waals surface area contributed by atoms with Crippen molar-refractivity contribution < 1.29 is 14.7 Å². The number of carbonyl (C=O) groups is 2. The van der Waals surface area contributed by atoms with Crippen LogP contribution in [-0.2, 0) is 16.1 Å². The van der Waals surface area contributed by atoms with Crippen molar-refractivity contribution in [2.75, 3.05) is 6.54 Å². The highest BCUT2D eigenvalue weighted by Crippen LogP contribution is 2.47. The Morgan fingerprint density at radius 2 is 2.11 bits per heavy atom. The number of carboxylic acids is 1. The van der Waals surface area contributed by atoms with Crippen LogP contribution in [0.15, 0.2) is 18.2 Å². The molecule has 19 heavy (non-hydrogen) atoms. The lowest BCUT2D eigenvalue weighted by Crippen LogP contribution is -2.40. The third-order valence-electron chi connectivity index (χ3n) is 3.54. The van der Waals surface area contributed by atoms with Gasteiger partial charge in [-0.3, -0.25) is 14.6 Å². The molecule has 1 heterocycles. The Morgan fingerprint density at radius 3 is 2.58 bits per heavy atom. The number of aryl methyl sites for hydroxylation is 1. The molecule has 5 heteroatoms. The zero-order valence-corrected chi connectivity index (χ0v) is 11.2. The first-order valence-corrected chi connectivity index (χ1v) is 6.45. The molecule has 0 spiro atoms. The Bertz CT molecular complexity index is 509. The quantitative estimate of drug-likeness (QED) is 0.818. The summed E-state index contributed by atoms with van der Waals surface area (Å²) in [7, 11) is 0. The van der Waals surface area contributed by atoms with Crippen LogP contribution in [0.5, 0.6) is 0 Å². The molecule has 0 bridgehead atoms. The lowest BCUT2D eigenvalue weighted by molar-refractivity contribution is -0.153. The second-order valence-electron chi connectivity index (χ2n) is 4.98. The van der Waals surface area contributed by atoms with Gasteiger partial charge in [0.1, 0.15) is 5.41 Å². The van der Waals surface area contributed by atoms with Gasteiger partial charge in [0.05, 0.1) is 12.2 Å². The molecular formula is C14H18N2O3. The smallest absolute Gasteiger partial charge is 0.319 e. The zero-order valence-electron chi connectivity index (χ0n) is 11.2. The van der Waals surface area contributed by atoms with Crippen LogP contribution in [0, 0.1) is 12.3 Å². The molecule has 1 aromatic rings. The number of carboxylic acid groups (broad SMARTS) is 1. The average molecular weight is 262 g/mol. The molecule has 1 N–H and O–H groups in total. The van der Waals surface area contributed by atoms with E-state index >= 15 is 0 Å². The average Bonchev–Trinajstić information content (AvgIpc) is 3.16. The highest BCUT2D eigenvalue weighted by molar-refractivity contribution is 6.04. The maximum absolute atomic E-state index is 12.3. The van der Waals surface area contributed by atoms with Crippen molar-refractivity contribution in [2.24, 2.45) is 5.41 Å². The van der Waals surface area contributed by atoms with Gasteiger partial charge in [0, 0.05) is 12.2 Å². The van der Waals surface area contributed by atoms with Crippen molar-refractivity contribution in [1.82, 2.24) is 9.88 Å². The van der Waals surface area contributed by atoms with E-state index < -0.39 is 11.4 Å². The predicted molar refractivity (Wildman–Crippen MR) is 69.4 cm³/mol. The molecule has 1 amide bonds. The SMILES string of the molecule is CCN(Cc1cccc(C)n1)C(=O)C1(C(=O)O)CC1. The lowest BCUT2D eigenvalue weighted by atomic mass is 10.1. The van der Waals surface area contributed by atoms with Gasteiger partial charge in [-0.1, -0.05) is 6.07 Å². The molecule has 1 saturated carbocycles. The molecule has 1 aromatic heterocycles. The third-order valence-corrected chi connectivity index (χ3v) is 3.54. The molecule has 1 aliphatic rings. The summed E-state index contributed by atoms with van der Waals surface area (Å²) in [6, 6.07) is 5.63. The molecule has 5 nitrogen and oxygen atoms in total. The molecule has 1 aliphatic carbocycles. The zero-order chi connectivity index (χ0) is 14.0. The molecule has 0 aromatic carbocycles. The van der Waals surface area contributed by atoms with Crippen LogP contribution >= 0.6 is 0 Å². The number of aromatic nitrogens is 1. The summed E-state index contributed by atoms with van der Waals surface area (Å²) in [5.41, 5.74) is 0.511. The van der Waals surface area contributed by atoms with E-state index in [2.05, 4.69) is 4.98 Å². The molecule has 0 radical (unpaired) electrons. The summed E-state index contributed by atoms with van der Waals surface area (Å²) in [6.45, 7) is 4.60. The molecule has 102 valence electrons. The Morgan fingerprint density at radius 1 is 1.42 bits per heavy atom. The molecule has 0 atom stereocenters. The number of hydrogen-bond donors (Lipinski definition) is 1. The van der Waals surface area contributed by atoms with Gasteiger partial charge in [0.25, 0.3) is 0 Å². The van der Waals surface area contributed by atoms with Crippen molar-refractivity contribution in [2.45, 2.75) is 33.2 Å². The van der Waals surface area contributed by atoms with Gasteiger partial charge in [0.15, 0.2) is 0 Å². The monoisotopic (exact) mass is 262 g/mol. The van der Waals surface area contributed by atoms with Crippen molar-refractivity contribution >= 4 is 11.9 Å². The number of aliphatic carboxylic acids is 1. The van der Waals surface area contributed by atoms with E-state index in [1.165, 1.54) is 0 Å². The summed E-state index contributed by atoms with van der Waals surface area (Å²) in [4.78, 5) is 29.4. The molecule has 1 fully saturated rings. The minimum atomic E-state index is -1.17. The van der Waals surface area contributed by atoms with E-state index in [4.69, 9.17) is 5.11 Å². The fourth-order valence-electron chi connectivity index (χ4n) is 2.16. The number of rotatable bonds is 5. The van der Waals surface area contributed by atoms with Gasteiger partial charge in [-0.15, -0.1) is 0 Å². The van der Waals surface area contributed by atoms with Crippen LogP contribution in [0.1, 0.15) is 31.2 Å². The Hall–Kier alpha value is -1.91. The van der Waals surface area contributed by atoms with Crippen LogP contribution in [0.4, 0.5) is 0 Å². The van der Waals surface area contributed by atoms with Gasteiger partial charge in [-0.05, 0) is 38.8 Å². The third kappa shape index (κ3) is 2.59. The van der Waals surface area contributed by atoms with Crippen molar-refractivity contribution in [3.05, 3.63) is 29.6 Å². The van der Waals surface area contributed by atoms with Crippen LogP contribution in [-0.4, -0.2) is 33.4 Å². The molecule has 0 saturated heterocycles. The molecular weight excluding hydrogens is 244 g/mol. The second-order valence-corrected chi connectivity index (χ2v) is 4.98. The van der Waals surface area contributed by atoms with Crippen molar-refractivity contribution in [3.8, 4) is 0 Å². The highest BCUT2D eigenvalue weighted by atomic mass is 16.4. The summed E-state index contributed by atoms with van der Waals surface area (Å²) < 4.78 is 0. The fraction of sp³-hybridized carbons (Fsp3) is 0.500. The van der Waals surface area contributed by atoms with Gasteiger partial charge in [-0.25, -0.2) is 0 Å². The minimum Gasteiger partial charge on any atom is -0.480 e. The summed E-state index contributed by atoms with van der Waals surface area (Å²) in [6.07, 6.45) is 0.887. The first-order chi connectivity index (χ1) is 8.99. The lowest BCUT2D eigenvalue weighted by Gasteiger charge is -2.24. The topological polar surface area (TPSA) is 70.5 Å². The van der Waals surface area contributed by atoms with E-state index in [0.29, 0.717) is 25.9 Å². The van der Waals surface area contributed by atoms with Gasteiger partial charge in [-0.2, -0.15) is 0 Å². The maximum Gasteiger partial charge on any atom is 0.319 e. The van der Waals surface area contributed by atoms with Crippen molar-refractivity contribution in [3.63, 3.8) is 0 Å². The minimum absolute atomic E-state index is 0.286. The number of carbonyl (C=O) groups excluding carboxylic acids is 1. The molecule has 2 rings (SSSR count). The summed E-state index contributed by atoms with van der Waals surface area (Å²) >= 11 is 0. The summed E-state index contributed by atoms with van der Waals surface area (Å²) in [5.74, 6) is -1.29. The van der Waals surface area contributed by atoms with Crippen LogP contribution < -0.4 is 0 Å². The van der Waals surface area contributed by atoms with Gasteiger partial charge < -0.3 is 10.0 Å². The second kappa shape index (κ2) is 4.99. The number of nitrogens with zero attached hydrogens (tertiary/aromatic N) is 2. The fourth-order valence-corrected chi connectivity index (χ4v) is 2.16. The van der Waals surface area contributed by atoms with Crippen LogP contribution in [0.3, 0.4) is 0 Å². The molecule has 0 aliphatic heterocycles. The van der Waals surface area contributed by atoms with E-state index in [-0.39, 0.29) is 5.91 Å². The predicted octanol–water partition coefficient (Wildman–Crippen LogP) is 1.60. The maximum atomic E-state index is 12.3. The van der Waals surface area contributed by atoms with E-state index in [0.717, 1.165) is 11.4 Å². The number of hydrogen-bond acceptors (Lipinski definition) is 3. The van der Waals surface area contributed by atoms with E-state index in [1.54, 1.807) is 4.90 Å². The normalized spacial score (nSPS) is 15.9. The van der Waals surface area contributed by atoms with E-state index in [1.807, 2.05) is 32.0 Å². The Kier molecular flexibility index (Phi) is 3.55. The van der Waals surface area contributed by atoms with E-state index in [9.17, 15) is 9.59 Å². The highest BCUT2D eigenvalue weighted by Gasteiger charge is 2.58. The number of pyridine rings is 1. The summed E-state index contributed by atoms with van der Waals surface area (Å²) in [5, 5.41) is 9.17. The van der Waals surface area contributed by atoms with Gasteiger partial charge >= 0.3 is 5.97 Å². The number of amides is 1. The largest absolute Gasteiger partial charge is 0.480 e. The van der Waals surface area contributed by atoms with Crippen molar-refractivity contribution in [1.29, 1.82) is 0 Å². The van der Waals surface area contributed by atoms with Gasteiger partial charge in [0.2, 0.25) is 5.91 Å². The Balaban J connectivity index is 2.13. The van der Waals surface area contributed by atoms with Crippen LogP contribution in [0.25, 0.3) is 0 Å². The van der Waals surface area contributed by atoms with Crippen LogP contribution in [0.2, 0.25) is 0 Å². The first kappa shape index (κ1) is 13.5. The standard InChI is InChI=1S/C14H18N2O3/c1-3-16(9-11-6-4-5-10(2)15-11)12(17)14(7-8-14)13(18)19/h4-6H,3,7-9H2,1-2H3,(H,18,19). The Labute approximate surface area is 112 Å².